The predicted molar refractivity (Wildman–Crippen MR) is 128 cm³/mol. The number of hydrogen-bond donors (Lipinski definition) is 1. The van der Waals surface area contributed by atoms with E-state index >= 15 is 0 Å². The van der Waals surface area contributed by atoms with Gasteiger partial charge in [0.15, 0.2) is 5.96 Å². The zero-order valence-electron chi connectivity index (χ0n) is 16.8. The van der Waals surface area contributed by atoms with Gasteiger partial charge in [-0.25, -0.2) is 0 Å². The van der Waals surface area contributed by atoms with E-state index in [1.54, 1.807) is 0 Å². The Morgan fingerprint density at radius 2 is 1.61 bits per heavy atom. The van der Waals surface area contributed by atoms with Crippen LogP contribution in [0.2, 0.25) is 0 Å². The highest BCUT2D eigenvalue weighted by Gasteiger charge is 2.19. The maximum atomic E-state index is 5.45. The lowest BCUT2D eigenvalue weighted by atomic mass is 10.1. The number of hydrogen-bond acceptors (Lipinski definition) is 3. The molecule has 1 N–H and O–H groups in total. The summed E-state index contributed by atoms with van der Waals surface area (Å²) in [5, 5.41) is 3.50. The van der Waals surface area contributed by atoms with Gasteiger partial charge in [0.1, 0.15) is 0 Å². The molecule has 28 heavy (non-hydrogen) atoms. The van der Waals surface area contributed by atoms with Crippen LogP contribution >= 0.6 is 24.0 Å². The minimum Gasteiger partial charge on any atom is -0.377 e. The van der Waals surface area contributed by atoms with Crippen LogP contribution in [0, 0.1) is 0 Å². The minimum absolute atomic E-state index is 0. The van der Waals surface area contributed by atoms with Crippen molar-refractivity contribution < 1.29 is 4.74 Å². The van der Waals surface area contributed by atoms with E-state index in [-0.39, 0.29) is 24.0 Å². The molecule has 2 aromatic rings. The molecule has 0 atom stereocenters. The Balaban J connectivity index is 0.00000280. The molecule has 1 heterocycles. The number of nitrogens with zero attached hydrogens (tertiary/aromatic N) is 3. The molecule has 0 spiro atoms. The SMILES string of the molecule is CCOCc1ccc(CNC(=NC)N2CCN(c3ccccc3)CC2)cc1.I. The summed E-state index contributed by atoms with van der Waals surface area (Å²) in [5.41, 5.74) is 3.76. The van der Waals surface area contributed by atoms with Crippen LogP contribution in [0.1, 0.15) is 18.1 Å². The maximum Gasteiger partial charge on any atom is 0.194 e. The van der Waals surface area contributed by atoms with E-state index in [0.29, 0.717) is 6.61 Å². The normalized spacial score (nSPS) is 14.6. The lowest BCUT2D eigenvalue weighted by Crippen LogP contribution is -2.52. The van der Waals surface area contributed by atoms with Crippen molar-refractivity contribution in [2.45, 2.75) is 20.1 Å². The van der Waals surface area contributed by atoms with E-state index < -0.39 is 0 Å². The largest absolute Gasteiger partial charge is 0.377 e. The topological polar surface area (TPSA) is 40.1 Å². The Kier molecular flexibility index (Phi) is 9.57. The van der Waals surface area contributed by atoms with Crippen LogP contribution in [0.3, 0.4) is 0 Å². The van der Waals surface area contributed by atoms with Crippen LogP contribution in [0.15, 0.2) is 59.6 Å². The third-order valence-corrected chi connectivity index (χ3v) is 4.86. The second-order valence-electron chi connectivity index (χ2n) is 6.66. The summed E-state index contributed by atoms with van der Waals surface area (Å²) in [6, 6.07) is 19.2. The molecule has 0 aromatic heterocycles. The van der Waals surface area contributed by atoms with Crippen LogP contribution in [-0.4, -0.2) is 50.7 Å². The standard InChI is InChI=1S/C22H30N4O.HI/c1-3-27-18-20-11-9-19(10-12-20)17-24-22(23-2)26-15-13-25(14-16-26)21-7-5-4-6-8-21;/h4-12H,3,13-18H2,1-2H3,(H,23,24);1H. The number of anilines is 1. The quantitative estimate of drug-likeness (QED) is 0.378. The van der Waals surface area contributed by atoms with Crippen molar-refractivity contribution in [3.63, 3.8) is 0 Å². The fourth-order valence-corrected chi connectivity index (χ4v) is 3.30. The molecule has 0 amide bonds. The molecule has 152 valence electrons. The Morgan fingerprint density at radius 1 is 0.964 bits per heavy atom. The molecule has 1 saturated heterocycles. The minimum atomic E-state index is 0. The van der Waals surface area contributed by atoms with Crippen molar-refractivity contribution >= 4 is 35.6 Å². The van der Waals surface area contributed by atoms with E-state index in [9.17, 15) is 0 Å². The number of nitrogens with one attached hydrogen (secondary N) is 1. The molecule has 3 rings (SSSR count). The van der Waals surface area contributed by atoms with Crippen LogP contribution in [0.25, 0.3) is 0 Å². The predicted octanol–water partition coefficient (Wildman–Crippen LogP) is 3.74. The van der Waals surface area contributed by atoms with Gasteiger partial charge in [-0.3, -0.25) is 4.99 Å². The average molecular weight is 494 g/mol. The average Bonchev–Trinajstić information content (AvgIpc) is 2.74. The number of aliphatic imine (C=N–C) groups is 1. The van der Waals surface area contributed by atoms with Crippen LogP contribution in [0.4, 0.5) is 5.69 Å². The molecule has 0 bridgehead atoms. The van der Waals surface area contributed by atoms with Gasteiger partial charge in [-0.15, -0.1) is 24.0 Å². The van der Waals surface area contributed by atoms with Crippen LogP contribution in [0.5, 0.6) is 0 Å². The Bertz CT molecular complexity index is 713. The van der Waals surface area contributed by atoms with E-state index in [2.05, 4.69) is 74.7 Å². The molecule has 6 heteroatoms. The molecule has 0 aliphatic carbocycles. The van der Waals surface area contributed by atoms with Crippen molar-refractivity contribution in [3.05, 3.63) is 65.7 Å². The molecule has 1 aliphatic heterocycles. The zero-order valence-corrected chi connectivity index (χ0v) is 19.1. The number of benzene rings is 2. The van der Waals surface area contributed by atoms with E-state index in [4.69, 9.17) is 4.74 Å². The van der Waals surface area contributed by atoms with Crippen molar-refractivity contribution in [3.8, 4) is 0 Å². The Hall–Kier alpha value is -1.80. The number of guanidine groups is 1. The van der Waals surface area contributed by atoms with Crippen molar-refractivity contribution in [1.82, 2.24) is 10.2 Å². The summed E-state index contributed by atoms with van der Waals surface area (Å²) in [7, 11) is 1.86. The summed E-state index contributed by atoms with van der Waals surface area (Å²) in [5.74, 6) is 0.973. The number of piperazine rings is 1. The molecular formula is C22H31IN4O. The van der Waals surface area contributed by atoms with Gasteiger partial charge in [0.25, 0.3) is 0 Å². The Morgan fingerprint density at radius 3 is 2.21 bits per heavy atom. The molecule has 0 saturated carbocycles. The highest BCUT2D eigenvalue weighted by Crippen LogP contribution is 2.15. The van der Waals surface area contributed by atoms with Gasteiger partial charge in [-0.2, -0.15) is 0 Å². The van der Waals surface area contributed by atoms with Gasteiger partial charge in [0.05, 0.1) is 6.61 Å². The van der Waals surface area contributed by atoms with Crippen molar-refractivity contribution in [2.75, 3.05) is 44.7 Å². The Labute approximate surface area is 185 Å². The smallest absolute Gasteiger partial charge is 0.194 e. The lowest BCUT2D eigenvalue weighted by molar-refractivity contribution is 0.134. The second-order valence-corrected chi connectivity index (χ2v) is 6.66. The molecule has 0 radical (unpaired) electrons. The molecule has 1 fully saturated rings. The molecule has 0 unspecified atom stereocenters. The molecule has 2 aromatic carbocycles. The van der Waals surface area contributed by atoms with Gasteiger partial charge in [-0.05, 0) is 30.2 Å². The summed E-state index contributed by atoms with van der Waals surface area (Å²) < 4.78 is 5.45. The first kappa shape index (κ1) is 22.5. The maximum absolute atomic E-state index is 5.45. The monoisotopic (exact) mass is 494 g/mol. The zero-order chi connectivity index (χ0) is 18.9. The van der Waals surface area contributed by atoms with Gasteiger partial charge < -0.3 is 19.9 Å². The van der Waals surface area contributed by atoms with E-state index in [1.165, 1.54) is 16.8 Å². The van der Waals surface area contributed by atoms with Gasteiger partial charge >= 0.3 is 0 Å². The van der Waals surface area contributed by atoms with E-state index in [0.717, 1.165) is 45.3 Å². The molecule has 1 aliphatic rings. The third kappa shape index (κ3) is 6.38. The first-order valence-corrected chi connectivity index (χ1v) is 9.71. The summed E-state index contributed by atoms with van der Waals surface area (Å²) >= 11 is 0. The fourth-order valence-electron chi connectivity index (χ4n) is 3.30. The highest BCUT2D eigenvalue weighted by molar-refractivity contribution is 14.0. The number of halogens is 1. The van der Waals surface area contributed by atoms with Crippen molar-refractivity contribution in [2.24, 2.45) is 4.99 Å². The van der Waals surface area contributed by atoms with Gasteiger partial charge in [0, 0.05) is 52.1 Å². The first-order valence-electron chi connectivity index (χ1n) is 9.71. The third-order valence-electron chi connectivity index (χ3n) is 4.86. The second kappa shape index (κ2) is 11.9. The van der Waals surface area contributed by atoms with Gasteiger partial charge in [0.2, 0.25) is 0 Å². The fraction of sp³-hybridized carbons (Fsp3) is 0.409. The van der Waals surface area contributed by atoms with Gasteiger partial charge in [-0.1, -0.05) is 42.5 Å². The van der Waals surface area contributed by atoms with E-state index in [1.807, 2.05) is 14.0 Å². The first-order chi connectivity index (χ1) is 13.3. The van der Waals surface area contributed by atoms with Crippen LogP contribution < -0.4 is 10.2 Å². The number of ether oxygens (including phenoxy) is 1. The summed E-state index contributed by atoms with van der Waals surface area (Å²) in [6.45, 7) is 8.19. The van der Waals surface area contributed by atoms with Crippen LogP contribution in [-0.2, 0) is 17.9 Å². The molecular weight excluding hydrogens is 463 g/mol. The molecule has 5 nitrogen and oxygen atoms in total. The van der Waals surface area contributed by atoms with Crippen molar-refractivity contribution in [1.29, 1.82) is 0 Å². The lowest BCUT2D eigenvalue weighted by Gasteiger charge is -2.37. The number of para-hydroxylation sites is 1. The number of rotatable bonds is 6. The highest BCUT2D eigenvalue weighted by atomic mass is 127. The summed E-state index contributed by atoms with van der Waals surface area (Å²) in [4.78, 5) is 9.24. The summed E-state index contributed by atoms with van der Waals surface area (Å²) in [6.07, 6.45) is 0.